The minimum Gasteiger partial charge on any atom is -0.496 e. The third-order valence-electron chi connectivity index (χ3n) is 3.80. The molecule has 128 valence electrons. The highest BCUT2D eigenvalue weighted by Gasteiger charge is 2.15. The molecule has 0 unspecified atom stereocenters. The standard InChI is InChI=1S/C17H21N3O4/c1-11-5-6-14(24-4)13(9-11)12(2)18-15(21)10-20-8-7-16(22)19(3)17(20)23/h5-9,12H,10H2,1-4H3,(H,18,21)/t12-/m0/s1. The van der Waals surface area contributed by atoms with Gasteiger partial charge in [-0.1, -0.05) is 17.7 Å². The number of nitrogens with zero attached hydrogens (tertiary/aromatic N) is 2. The van der Waals surface area contributed by atoms with Crippen molar-refractivity contribution < 1.29 is 9.53 Å². The van der Waals surface area contributed by atoms with Gasteiger partial charge in [-0.2, -0.15) is 0 Å². The van der Waals surface area contributed by atoms with E-state index in [0.29, 0.717) is 5.75 Å². The number of aryl methyl sites for hydroxylation is 1. The van der Waals surface area contributed by atoms with Crippen LogP contribution in [-0.4, -0.2) is 22.2 Å². The van der Waals surface area contributed by atoms with E-state index in [1.807, 2.05) is 32.0 Å². The summed E-state index contributed by atoms with van der Waals surface area (Å²) in [5.41, 5.74) is 0.979. The summed E-state index contributed by atoms with van der Waals surface area (Å²) in [6.07, 6.45) is 1.32. The Morgan fingerprint density at radius 1 is 1.29 bits per heavy atom. The summed E-state index contributed by atoms with van der Waals surface area (Å²) >= 11 is 0. The van der Waals surface area contributed by atoms with E-state index in [4.69, 9.17) is 4.74 Å². The van der Waals surface area contributed by atoms with Crippen LogP contribution in [0.4, 0.5) is 0 Å². The van der Waals surface area contributed by atoms with Crippen molar-refractivity contribution in [3.63, 3.8) is 0 Å². The maximum absolute atomic E-state index is 12.2. The zero-order valence-electron chi connectivity index (χ0n) is 14.2. The Labute approximate surface area is 139 Å². The van der Waals surface area contributed by atoms with Crippen LogP contribution in [0.15, 0.2) is 40.1 Å². The Hall–Kier alpha value is -2.83. The lowest BCUT2D eigenvalue weighted by Gasteiger charge is -2.18. The van der Waals surface area contributed by atoms with Crippen LogP contribution >= 0.6 is 0 Å². The van der Waals surface area contributed by atoms with Gasteiger partial charge in [0.1, 0.15) is 12.3 Å². The molecule has 0 fully saturated rings. The van der Waals surface area contributed by atoms with E-state index in [1.165, 1.54) is 23.9 Å². The van der Waals surface area contributed by atoms with Crippen LogP contribution in [0.5, 0.6) is 5.75 Å². The highest BCUT2D eigenvalue weighted by atomic mass is 16.5. The molecule has 24 heavy (non-hydrogen) atoms. The summed E-state index contributed by atoms with van der Waals surface area (Å²) in [4.78, 5) is 35.6. The number of ether oxygens (including phenoxy) is 1. The normalized spacial score (nSPS) is 11.8. The summed E-state index contributed by atoms with van der Waals surface area (Å²) in [7, 11) is 2.95. The molecule has 1 atom stereocenters. The number of amides is 1. The predicted octanol–water partition coefficient (Wildman–Crippen LogP) is 0.741. The van der Waals surface area contributed by atoms with Gasteiger partial charge in [0.25, 0.3) is 5.56 Å². The molecule has 1 N–H and O–H groups in total. The van der Waals surface area contributed by atoms with Gasteiger partial charge < -0.3 is 10.1 Å². The van der Waals surface area contributed by atoms with Crippen molar-refractivity contribution >= 4 is 5.91 Å². The zero-order valence-corrected chi connectivity index (χ0v) is 14.2. The van der Waals surface area contributed by atoms with Gasteiger partial charge in [0.05, 0.1) is 13.2 Å². The Morgan fingerprint density at radius 2 is 2.00 bits per heavy atom. The lowest BCUT2D eigenvalue weighted by Crippen LogP contribution is -2.40. The molecule has 1 aromatic carbocycles. The van der Waals surface area contributed by atoms with Crippen LogP contribution in [0.2, 0.25) is 0 Å². The highest BCUT2D eigenvalue weighted by molar-refractivity contribution is 5.76. The molecule has 0 saturated carbocycles. The molecule has 1 aromatic heterocycles. The van der Waals surface area contributed by atoms with Crippen molar-refractivity contribution in [1.29, 1.82) is 0 Å². The number of benzene rings is 1. The Morgan fingerprint density at radius 3 is 2.67 bits per heavy atom. The van der Waals surface area contributed by atoms with Crippen molar-refractivity contribution in [3.05, 3.63) is 62.4 Å². The molecule has 7 heteroatoms. The largest absolute Gasteiger partial charge is 0.496 e. The predicted molar refractivity (Wildman–Crippen MR) is 90.2 cm³/mol. The fourth-order valence-corrected chi connectivity index (χ4v) is 2.45. The van der Waals surface area contributed by atoms with Gasteiger partial charge in [-0.25, -0.2) is 4.79 Å². The number of rotatable bonds is 5. The van der Waals surface area contributed by atoms with Crippen molar-refractivity contribution in [1.82, 2.24) is 14.5 Å². The number of carbonyl (C=O) groups is 1. The molecular formula is C17H21N3O4. The average Bonchev–Trinajstić information content (AvgIpc) is 2.55. The van der Waals surface area contributed by atoms with Crippen LogP contribution < -0.4 is 21.3 Å². The van der Waals surface area contributed by atoms with E-state index in [9.17, 15) is 14.4 Å². The van der Waals surface area contributed by atoms with Gasteiger partial charge in [0.2, 0.25) is 5.91 Å². The lowest BCUT2D eigenvalue weighted by atomic mass is 10.0. The third-order valence-corrected chi connectivity index (χ3v) is 3.80. The van der Waals surface area contributed by atoms with Gasteiger partial charge >= 0.3 is 5.69 Å². The van der Waals surface area contributed by atoms with Crippen LogP contribution in [0.1, 0.15) is 24.1 Å². The van der Waals surface area contributed by atoms with E-state index in [2.05, 4.69) is 5.32 Å². The molecule has 0 aliphatic rings. The van der Waals surface area contributed by atoms with Crippen molar-refractivity contribution in [2.24, 2.45) is 7.05 Å². The molecule has 1 amide bonds. The first-order valence-electron chi connectivity index (χ1n) is 7.54. The molecule has 1 heterocycles. The first-order chi connectivity index (χ1) is 11.3. The van der Waals surface area contributed by atoms with Crippen LogP contribution in [0.25, 0.3) is 0 Å². The number of aromatic nitrogens is 2. The van der Waals surface area contributed by atoms with Gasteiger partial charge in [0.15, 0.2) is 0 Å². The van der Waals surface area contributed by atoms with Crippen molar-refractivity contribution in [2.75, 3.05) is 7.11 Å². The van der Waals surface area contributed by atoms with Crippen molar-refractivity contribution in [2.45, 2.75) is 26.4 Å². The quantitative estimate of drug-likeness (QED) is 0.876. The molecule has 0 aliphatic heterocycles. The molecule has 0 saturated heterocycles. The van der Waals surface area contributed by atoms with Crippen LogP contribution in [0, 0.1) is 6.92 Å². The number of hydrogen-bond donors (Lipinski definition) is 1. The first kappa shape index (κ1) is 17.5. The van der Waals surface area contributed by atoms with Gasteiger partial charge in [-0.05, 0) is 19.9 Å². The summed E-state index contributed by atoms with van der Waals surface area (Å²) in [6, 6.07) is 6.70. The summed E-state index contributed by atoms with van der Waals surface area (Å²) in [6.45, 7) is 3.64. The van der Waals surface area contributed by atoms with Crippen LogP contribution in [-0.2, 0) is 18.4 Å². The molecule has 0 aliphatic carbocycles. The maximum Gasteiger partial charge on any atom is 0.331 e. The number of nitrogens with one attached hydrogen (secondary N) is 1. The first-order valence-corrected chi connectivity index (χ1v) is 7.54. The third kappa shape index (κ3) is 3.73. The topological polar surface area (TPSA) is 82.3 Å². The molecule has 7 nitrogen and oxygen atoms in total. The monoisotopic (exact) mass is 331 g/mol. The maximum atomic E-state index is 12.2. The molecule has 2 aromatic rings. The Bertz CT molecular complexity index is 867. The molecule has 2 rings (SSSR count). The van der Waals surface area contributed by atoms with Crippen LogP contribution in [0.3, 0.4) is 0 Å². The fraction of sp³-hybridized carbons (Fsp3) is 0.353. The van der Waals surface area contributed by atoms with E-state index in [1.54, 1.807) is 7.11 Å². The lowest BCUT2D eigenvalue weighted by molar-refractivity contribution is -0.122. The minimum absolute atomic E-state index is 0.161. The Kier molecular flexibility index (Phi) is 5.23. The van der Waals surface area contributed by atoms with Crippen molar-refractivity contribution in [3.8, 4) is 5.75 Å². The van der Waals surface area contributed by atoms with E-state index in [0.717, 1.165) is 15.7 Å². The van der Waals surface area contributed by atoms with E-state index >= 15 is 0 Å². The minimum atomic E-state index is -0.529. The molecule has 0 radical (unpaired) electrons. The number of methoxy groups -OCH3 is 1. The molecular weight excluding hydrogens is 310 g/mol. The van der Waals surface area contributed by atoms with E-state index in [-0.39, 0.29) is 18.5 Å². The number of carbonyl (C=O) groups excluding carboxylic acids is 1. The second-order valence-electron chi connectivity index (χ2n) is 5.66. The van der Waals surface area contributed by atoms with Gasteiger partial charge in [-0.15, -0.1) is 0 Å². The summed E-state index contributed by atoms with van der Waals surface area (Å²) in [5.74, 6) is 0.361. The zero-order chi connectivity index (χ0) is 17.9. The summed E-state index contributed by atoms with van der Waals surface area (Å²) < 4.78 is 7.47. The Balaban J connectivity index is 2.16. The summed E-state index contributed by atoms with van der Waals surface area (Å²) in [5, 5.41) is 2.84. The fourth-order valence-electron chi connectivity index (χ4n) is 2.45. The SMILES string of the molecule is COc1ccc(C)cc1[C@H](C)NC(=O)Cn1ccc(=O)n(C)c1=O. The molecule has 0 bridgehead atoms. The van der Waals surface area contributed by atoms with Gasteiger partial charge in [-0.3, -0.25) is 18.7 Å². The second kappa shape index (κ2) is 7.16. The molecule has 0 spiro atoms. The second-order valence-corrected chi connectivity index (χ2v) is 5.66. The van der Waals surface area contributed by atoms with Gasteiger partial charge in [0, 0.05) is 24.9 Å². The average molecular weight is 331 g/mol. The number of hydrogen-bond acceptors (Lipinski definition) is 4. The highest BCUT2D eigenvalue weighted by Crippen LogP contribution is 2.25. The smallest absolute Gasteiger partial charge is 0.331 e. The van der Waals surface area contributed by atoms with E-state index < -0.39 is 11.2 Å².